The first-order chi connectivity index (χ1) is 17.9. The van der Waals surface area contributed by atoms with Gasteiger partial charge in [-0.1, -0.05) is 66.2 Å². The van der Waals surface area contributed by atoms with E-state index in [4.69, 9.17) is 37.1 Å². The maximum atomic E-state index is 13.8. The maximum absolute atomic E-state index is 13.8. The lowest BCUT2D eigenvalue weighted by atomic mass is 10.0. The van der Waals surface area contributed by atoms with Crippen molar-refractivity contribution in [3.05, 3.63) is 110 Å². The molecule has 1 N–H and O–H groups in total. The molecule has 0 saturated carbocycles. The highest BCUT2D eigenvalue weighted by atomic mass is 35.5. The molecule has 0 bridgehead atoms. The fourth-order valence-electron chi connectivity index (χ4n) is 3.60. The molecule has 0 saturated heterocycles. The van der Waals surface area contributed by atoms with E-state index in [1.54, 1.807) is 39.0 Å². The summed E-state index contributed by atoms with van der Waals surface area (Å²) < 4.78 is 16.3. The van der Waals surface area contributed by atoms with Crippen LogP contribution in [0.5, 0.6) is 5.75 Å². The number of nitrogens with zero attached hydrogens (tertiary/aromatic N) is 1. The van der Waals surface area contributed by atoms with Gasteiger partial charge in [-0.15, -0.1) is 0 Å². The van der Waals surface area contributed by atoms with Gasteiger partial charge in [-0.3, -0.25) is 9.59 Å². The Morgan fingerprint density at radius 2 is 1.76 bits per heavy atom. The number of halogens is 2. The molecule has 200 valence electrons. The van der Waals surface area contributed by atoms with Gasteiger partial charge in [0.15, 0.2) is 0 Å². The molecule has 10 heteroatoms. The Bertz CT molecular complexity index is 1370. The molecule has 0 aliphatic carbocycles. The Kier molecular flexibility index (Phi) is 9.61. The van der Waals surface area contributed by atoms with Crippen LogP contribution in [-0.4, -0.2) is 29.0 Å². The molecule has 1 heterocycles. The van der Waals surface area contributed by atoms with Gasteiger partial charge in [-0.2, -0.15) is 0 Å². The van der Waals surface area contributed by atoms with Crippen molar-refractivity contribution in [1.29, 1.82) is 0 Å². The molecule has 2 amide bonds. The number of hydrogen-bond donors (Lipinski definition) is 1. The minimum absolute atomic E-state index is 0.00804. The van der Waals surface area contributed by atoms with E-state index in [9.17, 15) is 14.4 Å². The first-order valence-electron chi connectivity index (χ1n) is 11.6. The average Bonchev–Trinajstić information content (AvgIpc) is 2.84. The largest absolute Gasteiger partial charge is 0.481 e. The van der Waals surface area contributed by atoms with Gasteiger partial charge in [-0.25, -0.2) is 4.79 Å². The van der Waals surface area contributed by atoms with Gasteiger partial charge in [0.2, 0.25) is 16.9 Å². The summed E-state index contributed by atoms with van der Waals surface area (Å²) in [6.07, 6.45) is 0.415. The van der Waals surface area contributed by atoms with Gasteiger partial charge >= 0.3 is 6.09 Å². The van der Waals surface area contributed by atoms with Gasteiger partial charge in [0, 0.05) is 19.2 Å². The Morgan fingerprint density at radius 3 is 2.42 bits per heavy atom. The molecule has 3 aromatic rings. The number of carbonyl (C=O) groups is 2. The summed E-state index contributed by atoms with van der Waals surface area (Å²) in [5.41, 5.74) is 0.00662. The minimum Gasteiger partial charge on any atom is -0.481 e. The Labute approximate surface area is 230 Å². The normalized spacial score (nSPS) is 11.0. The molecule has 8 nitrogen and oxygen atoms in total. The van der Waals surface area contributed by atoms with Gasteiger partial charge < -0.3 is 24.1 Å². The Morgan fingerprint density at radius 1 is 1.05 bits per heavy atom. The van der Waals surface area contributed by atoms with Crippen LogP contribution in [0.4, 0.5) is 4.79 Å². The van der Waals surface area contributed by atoms with E-state index in [-0.39, 0.29) is 37.0 Å². The molecule has 0 unspecified atom stereocenters. The highest BCUT2D eigenvalue weighted by molar-refractivity contribution is 6.42. The molecule has 1 aromatic heterocycles. The first kappa shape index (κ1) is 28.8. The standard InChI is InChI=1S/C28H28Cl2N2O6/c1-18(2)38-27(35)31-28(3,4)17-32(15-20-10-11-21(29)22(30)14-20)26(34)25-24(23(33)12-13-36-25)37-16-19-8-6-5-7-9-19/h5-14H,1,15-17H2,2-4H3,(H,31,35). The van der Waals surface area contributed by atoms with Crippen molar-refractivity contribution in [3.63, 3.8) is 0 Å². The van der Waals surface area contributed by atoms with Crippen molar-refractivity contribution in [3.8, 4) is 5.75 Å². The fourth-order valence-corrected chi connectivity index (χ4v) is 3.92. The molecule has 2 aromatic carbocycles. The number of amides is 2. The van der Waals surface area contributed by atoms with Crippen LogP contribution in [0.15, 0.2) is 82.4 Å². The molecule has 0 aliphatic rings. The number of nitrogens with one attached hydrogen (secondary N) is 1. The number of hydrogen-bond acceptors (Lipinski definition) is 6. The zero-order valence-corrected chi connectivity index (χ0v) is 22.8. The summed E-state index contributed by atoms with van der Waals surface area (Å²) >= 11 is 12.2. The topological polar surface area (TPSA) is 98.1 Å². The first-order valence-corrected chi connectivity index (χ1v) is 12.4. The second-order valence-electron chi connectivity index (χ2n) is 9.23. The molecule has 38 heavy (non-hydrogen) atoms. The van der Waals surface area contributed by atoms with Crippen LogP contribution >= 0.6 is 23.2 Å². The lowest BCUT2D eigenvalue weighted by Crippen LogP contribution is -2.52. The lowest BCUT2D eigenvalue weighted by molar-refractivity contribution is 0.0646. The van der Waals surface area contributed by atoms with Crippen LogP contribution in [0.1, 0.15) is 42.5 Å². The second-order valence-corrected chi connectivity index (χ2v) is 10.0. The fraction of sp³-hybridized carbons (Fsp3) is 0.250. The molecule has 0 aliphatic heterocycles. The molecular weight excluding hydrogens is 531 g/mol. The lowest BCUT2D eigenvalue weighted by Gasteiger charge is -2.33. The van der Waals surface area contributed by atoms with E-state index in [1.165, 1.54) is 11.0 Å². The van der Waals surface area contributed by atoms with Crippen LogP contribution in [0.25, 0.3) is 0 Å². The van der Waals surface area contributed by atoms with Crippen molar-refractivity contribution in [2.75, 3.05) is 6.54 Å². The van der Waals surface area contributed by atoms with E-state index in [0.29, 0.717) is 15.6 Å². The van der Waals surface area contributed by atoms with E-state index in [2.05, 4.69) is 11.9 Å². The van der Waals surface area contributed by atoms with E-state index >= 15 is 0 Å². The number of rotatable bonds is 10. The highest BCUT2D eigenvalue weighted by Crippen LogP contribution is 2.25. The molecule has 3 rings (SSSR count). The number of allylic oxidation sites excluding steroid dienone is 1. The highest BCUT2D eigenvalue weighted by Gasteiger charge is 2.31. The zero-order valence-electron chi connectivity index (χ0n) is 21.3. The van der Waals surface area contributed by atoms with Crippen LogP contribution < -0.4 is 15.5 Å². The van der Waals surface area contributed by atoms with Crippen molar-refractivity contribution in [2.24, 2.45) is 0 Å². The maximum Gasteiger partial charge on any atom is 0.412 e. The summed E-state index contributed by atoms with van der Waals surface area (Å²) in [5.74, 6) is -0.893. The summed E-state index contributed by atoms with van der Waals surface area (Å²) in [5, 5.41) is 3.40. The van der Waals surface area contributed by atoms with Crippen LogP contribution in [0.3, 0.4) is 0 Å². The smallest absolute Gasteiger partial charge is 0.412 e. The second kappa shape index (κ2) is 12.7. The van der Waals surface area contributed by atoms with E-state index in [0.717, 1.165) is 11.8 Å². The van der Waals surface area contributed by atoms with Crippen molar-refractivity contribution in [1.82, 2.24) is 10.2 Å². The quantitative estimate of drug-likeness (QED) is 0.297. The van der Waals surface area contributed by atoms with Crippen LogP contribution in [0, 0.1) is 0 Å². The Hall–Kier alpha value is -3.75. The van der Waals surface area contributed by atoms with E-state index < -0.39 is 23.0 Å². The van der Waals surface area contributed by atoms with Crippen LogP contribution in [0.2, 0.25) is 10.0 Å². The molecule has 0 radical (unpaired) electrons. The predicted molar refractivity (Wildman–Crippen MR) is 145 cm³/mol. The summed E-state index contributed by atoms with van der Waals surface area (Å²) in [7, 11) is 0. The van der Waals surface area contributed by atoms with Crippen molar-refractivity contribution >= 4 is 35.2 Å². The molecule has 0 spiro atoms. The molecule has 0 atom stereocenters. The van der Waals surface area contributed by atoms with Gasteiger partial charge in [0.05, 0.1) is 27.6 Å². The van der Waals surface area contributed by atoms with Gasteiger partial charge in [-0.05, 0) is 44.0 Å². The number of ether oxygens (including phenoxy) is 2. The van der Waals surface area contributed by atoms with E-state index in [1.807, 2.05) is 30.3 Å². The average molecular weight is 559 g/mol. The third-order valence-corrected chi connectivity index (χ3v) is 5.93. The Balaban J connectivity index is 1.94. The molecular formula is C28H28Cl2N2O6. The summed E-state index contributed by atoms with van der Waals surface area (Å²) in [4.78, 5) is 40.2. The number of alkyl carbamates (subject to hydrolysis) is 1. The summed E-state index contributed by atoms with van der Waals surface area (Å²) in [6.45, 7) is 8.66. The number of carbonyl (C=O) groups excluding carboxylic acids is 2. The SMILES string of the molecule is C=C(C)OC(=O)NC(C)(C)CN(Cc1ccc(Cl)c(Cl)c1)C(=O)c1occc(=O)c1OCc1ccccc1. The minimum atomic E-state index is -0.960. The zero-order chi connectivity index (χ0) is 27.9. The predicted octanol–water partition coefficient (Wildman–Crippen LogP) is 6.21. The van der Waals surface area contributed by atoms with Crippen LogP contribution in [-0.2, 0) is 17.9 Å². The van der Waals surface area contributed by atoms with Crippen molar-refractivity contribution in [2.45, 2.75) is 39.5 Å². The van der Waals surface area contributed by atoms with Gasteiger partial charge in [0.1, 0.15) is 6.61 Å². The van der Waals surface area contributed by atoms with Crippen molar-refractivity contribution < 1.29 is 23.5 Å². The third-order valence-electron chi connectivity index (χ3n) is 5.19. The number of benzene rings is 2. The third kappa shape index (κ3) is 8.13. The monoisotopic (exact) mass is 558 g/mol. The van der Waals surface area contributed by atoms with Gasteiger partial charge in [0.25, 0.3) is 5.91 Å². The molecule has 0 fully saturated rings. The summed E-state index contributed by atoms with van der Waals surface area (Å²) in [6, 6.07) is 15.4.